The molecule has 1 atom stereocenters. The molecule has 2 radical (unpaired) electrons. The van der Waals surface area contributed by atoms with E-state index in [4.69, 9.17) is 24.8 Å². The maximum Gasteiger partial charge on any atom is 0.326 e. The van der Waals surface area contributed by atoms with Crippen LogP contribution in [0.3, 0.4) is 0 Å². The van der Waals surface area contributed by atoms with Gasteiger partial charge in [0.25, 0.3) is 0 Å². The minimum Gasteiger partial charge on any atom is -0.391 e. The van der Waals surface area contributed by atoms with Gasteiger partial charge in [0, 0.05) is 25.9 Å². The number of hydrogen-bond acceptors (Lipinski definition) is 3. The summed E-state index contributed by atoms with van der Waals surface area (Å²) < 4.78 is 6.81. The molecule has 0 aliphatic rings. The van der Waals surface area contributed by atoms with Crippen LogP contribution in [0.4, 0.5) is 0 Å². The Morgan fingerprint density at radius 1 is 1.79 bits per heavy atom. The van der Waals surface area contributed by atoms with Crippen molar-refractivity contribution in [2.24, 2.45) is 0 Å². The van der Waals surface area contributed by atoms with E-state index >= 15 is 0 Å². The first kappa shape index (κ1) is 11.2. The topological polar surface area (TPSA) is 47.0 Å². The second kappa shape index (κ2) is 5.12. The number of nitrogens with zero attached hydrogens (tertiary/aromatic N) is 1. The number of aromatic nitrogens is 2. The summed E-state index contributed by atoms with van der Waals surface area (Å²) in [4.78, 5) is 13.8. The SMILES string of the molecule is [B][C@H](CCn1ccc(=S)[nH]c1=O)OC. The molecule has 74 valence electrons. The monoisotopic (exact) mass is 210 g/mol. The van der Waals surface area contributed by atoms with Crippen LogP contribution in [0.15, 0.2) is 17.1 Å². The van der Waals surface area contributed by atoms with Crippen molar-refractivity contribution < 1.29 is 4.74 Å². The van der Waals surface area contributed by atoms with Crippen LogP contribution < -0.4 is 5.69 Å². The van der Waals surface area contributed by atoms with E-state index in [1.165, 1.54) is 11.7 Å². The quantitative estimate of drug-likeness (QED) is 0.579. The molecule has 4 nitrogen and oxygen atoms in total. The normalized spacial score (nSPS) is 12.6. The van der Waals surface area contributed by atoms with E-state index in [0.29, 0.717) is 17.6 Å². The van der Waals surface area contributed by atoms with Gasteiger partial charge in [-0.3, -0.25) is 4.98 Å². The van der Waals surface area contributed by atoms with E-state index in [1.807, 2.05) is 0 Å². The van der Waals surface area contributed by atoms with E-state index in [9.17, 15) is 4.79 Å². The van der Waals surface area contributed by atoms with E-state index in [2.05, 4.69) is 4.98 Å². The Labute approximate surface area is 88.3 Å². The third-order valence-corrected chi connectivity index (χ3v) is 2.09. The smallest absolute Gasteiger partial charge is 0.326 e. The molecule has 0 saturated heterocycles. The van der Waals surface area contributed by atoms with Gasteiger partial charge in [-0.15, -0.1) is 0 Å². The zero-order valence-electron chi connectivity index (χ0n) is 7.90. The molecule has 14 heavy (non-hydrogen) atoms. The summed E-state index contributed by atoms with van der Waals surface area (Å²) in [6.45, 7) is 0.514. The van der Waals surface area contributed by atoms with Crippen molar-refractivity contribution in [1.82, 2.24) is 9.55 Å². The summed E-state index contributed by atoms with van der Waals surface area (Å²) in [5.74, 6) is 0. The number of ether oxygens (including phenoxy) is 1. The maximum atomic E-state index is 11.3. The van der Waals surface area contributed by atoms with Crippen molar-refractivity contribution in [2.45, 2.75) is 19.0 Å². The molecule has 0 unspecified atom stereocenters. The van der Waals surface area contributed by atoms with Crippen molar-refractivity contribution >= 4 is 20.1 Å². The van der Waals surface area contributed by atoms with Crippen LogP contribution >= 0.6 is 12.2 Å². The molecule has 1 N–H and O–H groups in total. The fourth-order valence-electron chi connectivity index (χ4n) is 1.00. The second-order valence-corrected chi connectivity index (χ2v) is 3.31. The predicted molar refractivity (Wildman–Crippen MR) is 57.1 cm³/mol. The second-order valence-electron chi connectivity index (χ2n) is 2.87. The molecule has 1 aromatic heterocycles. The molecule has 1 heterocycles. The number of methoxy groups -OCH3 is 1. The fourth-order valence-corrected chi connectivity index (χ4v) is 1.15. The van der Waals surface area contributed by atoms with Gasteiger partial charge in [-0.2, -0.15) is 0 Å². The van der Waals surface area contributed by atoms with Crippen molar-refractivity contribution in [1.29, 1.82) is 0 Å². The van der Waals surface area contributed by atoms with Gasteiger partial charge in [0.2, 0.25) is 0 Å². The third-order valence-electron chi connectivity index (χ3n) is 1.85. The molecule has 0 amide bonds. The van der Waals surface area contributed by atoms with Crippen molar-refractivity contribution in [3.8, 4) is 0 Å². The number of nitrogens with one attached hydrogen (secondary N) is 1. The summed E-state index contributed by atoms with van der Waals surface area (Å²) in [6.07, 6.45) is 2.23. The molecule has 0 aromatic carbocycles. The van der Waals surface area contributed by atoms with Gasteiger partial charge in [-0.05, 0) is 12.5 Å². The summed E-state index contributed by atoms with van der Waals surface area (Å²) in [6, 6.07) is 1.32. The van der Waals surface area contributed by atoms with Crippen LogP contribution in [0.1, 0.15) is 6.42 Å². The lowest BCUT2D eigenvalue weighted by molar-refractivity contribution is 0.154. The lowest BCUT2D eigenvalue weighted by Crippen LogP contribution is -2.24. The highest BCUT2D eigenvalue weighted by molar-refractivity contribution is 7.71. The Hall–Kier alpha value is -0.875. The van der Waals surface area contributed by atoms with Crippen LogP contribution in [0, 0.1) is 4.64 Å². The number of H-pyrrole nitrogens is 1. The molecule has 0 bridgehead atoms. The minimum atomic E-state index is -0.343. The Morgan fingerprint density at radius 3 is 3.07 bits per heavy atom. The number of aromatic amines is 1. The van der Waals surface area contributed by atoms with Crippen LogP contribution in [0.2, 0.25) is 0 Å². The average molecular weight is 210 g/mol. The minimum absolute atomic E-state index is 0.221. The Morgan fingerprint density at radius 2 is 2.50 bits per heavy atom. The van der Waals surface area contributed by atoms with Gasteiger partial charge in [0.05, 0.1) is 0 Å². The highest BCUT2D eigenvalue weighted by Crippen LogP contribution is 1.94. The maximum absolute atomic E-state index is 11.3. The largest absolute Gasteiger partial charge is 0.391 e. The van der Waals surface area contributed by atoms with Crippen LogP contribution in [-0.2, 0) is 11.3 Å². The number of aryl methyl sites for hydroxylation is 1. The van der Waals surface area contributed by atoms with Gasteiger partial charge in [0.1, 0.15) is 12.5 Å². The molecule has 0 saturated carbocycles. The van der Waals surface area contributed by atoms with Crippen molar-refractivity contribution in [3.05, 3.63) is 27.4 Å². The van der Waals surface area contributed by atoms with Gasteiger partial charge in [-0.25, -0.2) is 4.79 Å². The molecule has 1 rings (SSSR count). The van der Waals surface area contributed by atoms with Crippen LogP contribution in [0.5, 0.6) is 0 Å². The Balaban J connectivity index is 2.68. The molecule has 0 aliphatic heterocycles. The van der Waals surface area contributed by atoms with Crippen molar-refractivity contribution in [3.63, 3.8) is 0 Å². The van der Waals surface area contributed by atoms with Gasteiger partial charge in [-0.1, -0.05) is 12.2 Å². The molecule has 0 aliphatic carbocycles. The van der Waals surface area contributed by atoms with E-state index in [-0.39, 0.29) is 11.7 Å². The highest BCUT2D eigenvalue weighted by Gasteiger charge is 2.00. The first-order valence-corrected chi connectivity index (χ1v) is 4.62. The van der Waals surface area contributed by atoms with E-state index in [1.54, 1.807) is 12.3 Å². The predicted octanol–water partition coefficient (Wildman–Crippen LogP) is 0.437. The Kier molecular flexibility index (Phi) is 4.09. The molecule has 0 spiro atoms. The van der Waals surface area contributed by atoms with Gasteiger partial charge >= 0.3 is 5.69 Å². The number of rotatable bonds is 4. The van der Waals surface area contributed by atoms with Crippen LogP contribution in [0.25, 0.3) is 0 Å². The lowest BCUT2D eigenvalue weighted by Gasteiger charge is -2.10. The molecule has 6 heteroatoms. The number of hydrogen-bond donors (Lipinski definition) is 1. The standard InChI is InChI=1S/C8H11BN2O2S/c1-13-6(9)2-4-11-5-3-7(14)10-8(11)12/h3,5-6H,2,4H2,1H3,(H,10,12,14)/t6-/m0/s1. The molecular weight excluding hydrogens is 199 g/mol. The average Bonchev–Trinajstić information content (AvgIpc) is 2.16. The van der Waals surface area contributed by atoms with Crippen LogP contribution in [-0.4, -0.2) is 30.5 Å². The fraction of sp³-hybridized carbons (Fsp3) is 0.500. The summed E-state index contributed by atoms with van der Waals surface area (Å²) >= 11 is 4.80. The summed E-state index contributed by atoms with van der Waals surface area (Å²) in [5, 5.41) is 0. The zero-order valence-corrected chi connectivity index (χ0v) is 8.71. The van der Waals surface area contributed by atoms with Gasteiger partial charge in [0.15, 0.2) is 0 Å². The van der Waals surface area contributed by atoms with Crippen molar-refractivity contribution in [2.75, 3.05) is 7.11 Å². The third kappa shape index (κ3) is 3.12. The van der Waals surface area contributed by atoms with E-state index < -0.39 is 0 Å². The molecular formula is C8H11BN2O2S. The summed E-state index contributed by atoms with van der Waals surface area (Å²) in [7, 11) is 7.07. The zero-order chi connectivity index (χ0) is 10.6. The first-order valence-electron chi connectivity index (χ1n) is 4.21. The highest BCUT2D eigenvalue weighted by atomic mass is 32.1. The molecule has 1 aromatic rings. The molecule has 0 fully saturated rings. The first-order chi connectivity index (χ1) is 6.63. The van der Waals surface area contributed by atoms with Gasteiger partial charge < -0.3 is 9.30 Å². The lowest BCUT2D eigenvalue weighted by atomic mass is 9.97. The Bertz CT molecular complexity index is 401. The van der Waals surface area contributed by atoms with E-state index in [0.717, 1.165) is 0 Å². The summed E-state index contributed by atoms with van der Waals surface area (Å²) in [5.41, 5.74) is -0.221.